The first-order valence-electron chi connectivity index (χ1n) is 7.98. The molecule has 0 saturated heterocycles. The van der Waals surface area contributed by atoms with E-state index in [0.717, 1.165) is 0 Å². The van der Waals surface area contributed by atoms with Gasteiger partial charge in [-0.2, -0.15) is 4.98 Å². The van der Waals surface area contributed by atoms with Crippen LogP contribution in [0.15, 0.2) is 21.5 Å². The summed E-state index contributed by atoms with van der Waals surface area (Å²) in [5.74, 6) is 4.34. The molecule has 0 aliphatic heterocycles. The van der Waals surface area contributed by atoms with Gasteiger partial charge in [0.2, 0.25) is 11.7 Å². The number of fused-ring (bicyclic) bond motifs is 1. The number of furan rings is 1. The van der Waals surface area contributed by atoms with Gasteiger partial charge in [-0.1, -0.05) is 0 Å². The number of hydrogen-bond acceptors (Lipinski definition) is 9. The molecule has 0 saturated carbocycles. The van der Waals surface area contributed by atoms with Crippen molar-refractivity contribution < 1.29 is 19.1 Å². The van der Waals surface area contributed by atoms with Crippen LogP contribution < -0.4 is 22.7 Å². The van der Waals surface area contributed by atoms with E-state index in [1.807, 2.05) is 5.43 Å². The second-order valence-electron chi connectivity index (χ2n) is 5.54. The molecular weight excluding hydrogens is 358 g/mol. The summed E-state index contributed by atoms with van der Waals surface area (Å²) in [5.41, 5.74) is 8.50. The predicted molar refractivity (Wildman–Crippen MR) is 94.5 cm³/mol. The third-order valence-electron chi connectivity index (χ3n) is 3.97. The van der Waals surface area contributed by atoms with Gasteiger partial charge in [-0.15, -0.1) is 0 Å². The van der Waals surface area contributed by atoms with Crippen molar-refractivity contribution in [2.24, 2.45) is 5.84 Å². The minimum atomic E-state index is -0.666. The summed E-state index contributed by atoms with van der Waals surface area (Å²) in [6.07, 6.45) is 1.30. The van der Waals surface area contributed by atoms with Crippen LogP contribution in [0.5, 0.6) is 0 Å². The number of nitrogens with two attached hydrogens (primary N) is 2. The molecule has 0 aromatic carbocycles. The fourth-order valence-corrected chi connectivity index (χ4v) is 2.85. The van der Waals surface area contributed by atoms with Crippen LogP contribution in [-0.2, 0) is 17.8 Å². The first kappa shape index (κ1) is 18.6. The molecule has 0 aliphatic carbocycles. The Morgan fingerprint density at radius 1 is 1.37 bits per heavy atom. The van der Waals surface area contributed by atoms with Crippen LogP contribution in [0, 0.1) is 0 Å². The molecule has 0 spiro atoms. The van der Waals surface area contributed by atoms with Gasteiger partial charge in [0.25, 0.3) is 0 Å². The lowest BCUT2D eigenvalue weighted by molar-refractivity contribution is 0.0927. The van der Waals surface area contributed by atoms with Gasteiger partial charge >= 0.3 is 11.6 Å². The summed E-state index contributed by atoms with van der Waals surface area (Å²) in [4.78, 5) is 33.2. The monoisotopic (exact) mass is 377 g/mol. The van der Waals surface area contributed by atoms with E-state index < -0.39 is 11.6 Å². The normalized spacial score (nSPS) is 11.2. The smallest absolute Gasteiger partial charge is 0.330 e. The maximum Gasteiger partial charge on any atom is 0.330 e. The molecule has 3 rings (SSSR count). The molecule has 0 unspecified atom stereocenters. The molecule has 0 radical (unpaired) electrons. The number of nitrogen functional groups attached to an aromatic ring is 2. The Bertz CT molecular complexity index is 1040. The molecule has 3 aromatic heterocycles. The van der Waals surface area contributed by atoms with E-state index >= 15 is 0 Å². The van der Waals surface area contributed by atoms with Crippen LogP contribution in [0.3, 0.4) is 0 Å². The molecule has 0 bridgehead atoms. The highest BCUT2D eigenvalue weighted by Gasteiger charge is 2.25. The average molecular weight is 377 g/mol. The summed E-state index contributed by atoms with van der Waals surface area (Å²) in [5, 5.41) is 9.31. The van der Waals surface area contributed by atoms with Crippen molar-refractivity contribution in [3.63, 3.8) is 0 Å². The SMILES string of the molecule is COCCn1c(=O)n(CCO)c2nc(N)nc(-c3ccoc3C(=O)NN)c21. The van der Waals surface area contributed by atoms with E-state index in [0.29, 0.717) is 11.1 Å². The number of aromatic nitrogens is 4. The van der Waals surface area contributed by atoms with Crippen LogP contribution in [0.4, 0.5) is 5.95 Å². The van der Waals surface area contributed by atoms with Gasteiger partial charge in [-0.3, -0.25) is 19.4 Å². The van der Waals surface area contributed by atoms with Gasteiger partial charge in [0.15, 0.2) is 5.65 Å². The number of imidazole rings is 1. The van der Waals surface area contributed by atoms with Gasteiger partial charge < -0.3 is 20.0 Å². The van der Waals surface area contributed by atoms with Crippen LogP contribution in [0.2, 0.25) is 0 Å². The maximum atomic E-state index is 12.8. The molecular formula is C15H19N7O5. The third kappa shape index (κ3) is 3.16. The summed E-state index contributed by atoms with van der Waals surface area (Å²) in [6, 6.07) is 1.51. The molecule has 1 amide bonds. The number of aliphatic hydroxyl groups is 1. The van der Waals surface area contributed by atoms with Crippen molar-refractivity contribution in [1.29, 1.82) is 0 Å². The Balaban J connectivity index is 2.36. The third-order valence-corrected chi connectivity index (χ3v) is 3.97. The molecule has 0 aliphatic rings. The van der Waals surface area contributed by atoms with Crippen LogP contribution in [-0.4, -0.2) is 50.4 Å². The van der Waals surface area contributed by atoms with E-state index in [9.17, 15) is 14.7 Å². The van der Waals surface area contributed by atoms with Crippen molar-refractivity contribution in [3.05, 3.63) is 28.6 Å². The van der Waals surface area contributed by atoms with E-state index in [4.69, 9.17) is 20.7 Å². The summed E-state index contributed by atoms with van der Waals surface area (Å²) < 4.78 is 13.0. The van der Waals surface area contributed by atoms with Gasteiger partial charge in [-0.25, -0.2) is 15.6 Å². The molecule has 12 nitrogen and oxygen atoms in total. The molecule has 0 fully saturated rings. The summed E-state index contributed by atoms with van der Waals surface area (Å²) >= 11 is 0. The highest BCUT2D eigenvalue weighted by atomic mass is 16.5. The van der Waals surface area contributed by atoms with Crippen molar-refractivity contribution >= 4 is 23.0 Å². The number of carbonyl (C=O) groups excluding carboxylic acids is 1. The number of rotatable bonds is 7. The number of amides is 1. The molecule has 12 heteroatoms. The first-order valence-corrected chi connectivity index (χ1v) is 7.98. The fraction of sp³-hybridized carbons (Fsp3) is 0.333. The Labute approximate surface area is 152 Å². The minimum absolute atomic E-state index is 0.0206. The Kier molecular flexibility index (Phi) is 5.21. The zero-order valence-electron chi connectivity index (χ0n) is 14.5. The minimum Gasteiger partial charge on any atom is -0.458 e. The second-order valence-corrected chi connectivity index (χ2v) is 5.54. The number of aliphatic hydroxyl groups excluding tert-OH is 1. The predicted octanol–water partition coefficient (Wildman–Crippen LogP) is -1.32. The number of nitrogens with zero attached hydrogens (tertiary/aromatic N) is 4. The number of hydrazine groups is 1. The molecule has 6 N–H and O–H groups in total. The standard InChI is InChI=1S/C15H19N7O5/c1-26-7-4-21-10-9(8-2-6-27-11(8)13(24)20-17)18-14(16)19-12(10)22(3-5-23)15(21)25/h2,6,23H,3-5,7,17H2,1H3,(H,20,24)(H2,16,18,19). The fourth-order valence-electron chi connectivity index (χ4n) is 2.85. The first-order chi connectivity index (χ1) is 13.0. The van der Waals surface area contributed by atoms with Crippen LogP contribution >= 0.6 is 0 Å². The number of hydrogen-bond donors (Lipinski definition) is 4. The Hall–Kier alpha value is -3.22. The van der Waals surface area contributed by atoms with E-state index in [2.05, 4.69) is 9.97 Å². The van der Waals surface area contributed by atoms with Gasteiger partial charge in [-0.05, 0) is 6.07 Å². The van der Waals surface area contributed by atoms with Crippen LogP contribution in [0.25, 0.3) is 22.4 Å². The molecule has 27 heavy (non-hydrogen) atoms. The van der Waals surface area contributed by atoms with E-state index in [1.165, 1.54) is 28.6 Å². The van der Waals surface area contributed by atoms with Crippen LogP contribution in [0.1, 0.15) is 10.6 Å². The quantitative estimate of drug-likeness (QED) is 0.221. The maximum absolute atomic E-state index is 12.8. The van der Waals surface area contributed by atoms with E-state index in [1.54, 1.807) is 0 Å². The number of anilines is 1. The second kappa shape index (κ2) is 7.57. The topological polar surface area (TPSA) is 176 Å². The molecule has 0 atom stereocenters. The highest BCUT2D eigenvalue weighted by Crippen LogP contribution is 2.30. The average Bonchev–Trinajstić information content (AvgIpc) is 3.24. The number of ether oxygens (including phenoxy) is 1. The number of methoxy groups -OCH3 is 1. The van der Waals surface area contributed by atoms with Gasteiger partial charge in [0.05, 0.1) is 38.1 Å². The Morgan fingerprint density at radius 2 is 2.15 bits per heavy atom. The zero-order valence-corrected chi connectivity index (χ0v) is 14.5. The summed E-state index contributed by atoms with van der Waals surface area (Å²) in [6.45, 7) is 0.214. The van der Waals surface area contributed by atoms with Gasteiger partial charge in [0.1, 0.15) is 11.2 Å². The summed E-state index contributed by atoms with van der Waals surface area (Å²) in [7, 11) is 1.51. The van der Waals surface area contributed by atoms with Crippen molar-refractivity contribution in [2.45, 2.75) is 13.1 Å². The number of carbonyl (C=O) groups is 1. The van der Waals surface area contributed by atoms with Crippen molar-refractivity contribution in [1.82, 2.24) is 24.5 Å². The zero-order chi connectivity index (χ0) is 19.6. The Morgan fingerprint density at radius 3 is 2.81 bits per heavy atom. The lowest BCUT2D eigenvalue weighted by Crippen LogP contribution is -2.30. The van der Waals surface area contributed by atoms with Gasteiger partial charge in [0, 0.05) is 7.11 Å². The molecule has 3 aromatic rings. The largest absolute Gasteiger partial charge is 0.458 e. The molecule has 144 valence electrons. The number of nitrogens with one attached hydrogen (secondary N) is 1. The molecule has 3 heterocycles. The lowest BCUT2D eigenvalue weighted by Gasteiger charge is -2.08. The highest BCUT2D eigenvalue weighted by molar-refractivity contribution is 6.01. The lowest BCUT2D eigenvalue weighted by atomic mass is 10.1. The van der Waals surface area contributed by atoms with Crippen molar-refractivity contribution in [2.75, 3.05) is 26.1 Å². The van der Waals surface area contributed by atoms with E-state index in [-0.39, 0.29) is 49.4 Å². The van der Waals surface area contributed by atoms with Crippen molar-refractivity contribution in [3.8, 4) is 11.3 Å².